The van der Waals surface area contributed by atoms with Crippen molar-refractivity contribution in [3.8, 4) is 0 Å². The first kappa shape index (κ1) is 9.94. The maximum Gasteiger partial charge on any atom is 0.139 e. The lowest BCUT2D eigenvalue weighted by molar-refractivity contribution is 0.675. The van der Waals surface area contributed by atoms with Gasteiger partial charge in [-0.25, -0.2) is 19.8 Å². The Morgan fingerprint density at radius 2 is 2.38 bits per heavy atom. The topological polar surface area (TPSA) is 91.9 Å². The standard InChI is InChI=1S/C7H12N4OS/c1-2-13(9,12)6-3-4-7(11-8)10-5-6/h3-5,9H,2,8H2,1H3,(H,10,11). The van der Waals surface area contributed by atoms with E-state index in [1.54, 1.807) is 19.1 Å². The van der Waals surface area contributed by atoms with Crippen LogP contribution in [0.25, 0.3) is 0 Å². The molecule has 0 aliphatic heterocycles. The van der Waals surface area contributed by atoms with Crippen LogP contribution in [0.15, 0.2) is 23.2 Å². The Labute approximate surface area is 77.3 Å². The number of rotatable bonds is 3. The monoisotopic (exact) mass is 200 g/mol. The number of anilines is 1. The second-order valence-electron chi connectivity index (χ2n) is 2.49. The van der Waals surface area contributed by atoms with Crippen molar-refractivity contribution in [3.05, 3.63) is 18.3 Å². The molecular formula is C7H12N4OS. The van der Waals surface area contributed by atoms with Gasteiger partial charge < -0.3 is 5.43 Å². The van der Waals surface area contributed by atoms with Crippen LogP contribution in [0.1, 0.15) is 6.92 Å². The number of nitrogens with zero attached hydrogens (tertiary/aromatic N) is 1. The summed E-state index contributed by atoms with van der Waals surface area (Å²) in [5.74, 6) is 5.90. The van der Waals surface area contributed by atoms with Gasteiger partial charge in [0.25, 0.3) is 0 Å². The summed E-state index contributed by atoms with van der Waals surface area (Å²) in [6.07, 6.45) is 1.41. The van der Waals surface area contributed by atoms with Crippen molar-refractivity contribution in [1.82, 2.24) is 4.98 Å². The third-order valence-corrected chi connectivity index (χ3v) is 3.49. The summed E-state index contributed by atoms with van der Waals surface area (Å²) in [5.41, 5.74) is 2.36. The summed E-state index contributed by atoms with van der Waals surface area (Å²) in [7, 11) is -2.65. The number of aromatic nitrogens is 1. The van der Waals surface area contributed by atoms with Gasteiger partial charge in [-0.3, -0.25) is 0 Å². The summed E-state index contributed by atoms with van der Waals surface area (Å²) in [4.78, 5) is 4.32. The van der Waals surface area contributed by atoms with Crippen molar-refractivity contribution in [2.45, 2.75) is 11.8 Å². The van der Waals surface area contributed by atoms with E-state index in [0.29, 0.717) is 16.5 Å². The molecule has 72 valence electrons. The largest absolute Gasteiger partial charge is 0.308 e. The van der Waals surface area contributed by atoms with Gasteiger partial charge in [0, 0.05) is 11.9 Å². The highest BCUT2D eigenvalue weighted by molar-refractivity contribution is 7.92. The molecule has 1 unspecified atom stereocenters. The molecule has 0 amide bonds. The highest BCUT2D eigenvalue weighted by Crippen LogP contribution is 2.11. The SMILES string of the molecule is CCS(=N)(=O)c1ccc(NN)nc1. The third-order valence-electron chi connectivity index (χ3n) is 1.67. The number of pyridine rings is 1. The lowest BCUT2D eigenvalue weighted by Crippen LogP contribution is -2.09. The number of hydrazine groups is 1. The van der Waals surface area contributed by atoms with E-state index < -0.39 is 9.73 Å². The lowest BCUT2D eigenvalue weighted by atomic mass is 10.5. The number of hydrogen-bond acceptors (Lipinski definition) is 5. The predicted molar refractivity (Wildman–Crippen MR) is 51.7 cm³/mol. The van der Waals surface area contributed by atoms with Crippen molar-refractivity contribution < 1.29 is 4.21 Å². The van der Waals surface area contributed by atoms with E-state index in [0.717, 1.165) is 0 Å². The molecule has 0 saturated carbocycles. The highest BCUT2D eigenvalue weighted by Gasteiger charge is 2.06. The predicted octanol–water partition coefficient (Wildman–Crippen LogP) is 0.793. The van der Waals surface area contributed by atoms with Gasteiger partial charge in [-0.2, -0.15) is 0 Å². The van der Waals surface area contributed by atoms with Crippen LogP contribution < -0.4 is 11.3 Å². The Morgan fingerprint density at radius 1 is 1.69 bits per heavy atom. The van der Waals surface area contributed by atoms with Gasteiger partial charge in [-0.05, 0) is 12.1 Å². The fourth-order valence-corrected chi connectivity index (χ4v) is 1.67. The van der Waals surface area contributed by atoms with Crippen molar-refractivity contribution in [2.75, 3.05) is 11.2 Å². The lowest BCUT2D eigenvalue weighted by Gasteiger charge is -2.04. The van der Waals surface area contributed by atoms with Crippen LogP contribution in [0.3, 0.4) is 0 Å². The normalized spacial score (nSPS) is 14.9. The van der Waals surface area contributed by atoms with Gasteiger partial charge >= 0.3 is 0 Å². The van der Waals surface area contributed by atoms with E-state index in [1.807, 2.05) is 0 Å². The number of nitrogens with two attached hydrogens (primary N) is 1. The smallest absolute Gasteiger partial charge is 0.139 e. The fraction of sp³-hybridized carbons (Fsp3) is 0.286. The van der Waals surface area contributed by atoms with Crippen LogP contribution in [0.4, 0.5) is 5.82 Å². The van der Waals surface area contributed by atoms with Gasteiger partial charge in [-0.1, -0.05) is 6.92 Å². The van der Waals surface area contributed by atoms with Gasteiger partial charge in [0.05, 0.1) is 14.6 Å². The molecule has 13 heavy (non-hydrogen) atoms. The second kappa shape index (κ2) is 3.71. The average Bonchev–Trinajstić information content (AvgIpc) is 2.18. The molecule has 0 fully saturated rings. The van der Waals surface area contributed by atoms with Crippen LogP contribution in [0.2, 0.25) is 0 Å². The Balaban J connectivity index is 3.06. The van der Waals surface area contributed by atoms with Crippen molar-refractivity contribution in [3.63, 3.8) is 0 Å². The molecule has 1 aromatic heterocycles. The van der Waals surface area contributed by atoms with Crippen LogP contribution in [0, 0.1) is 4.78 Å². The summed E-state index contributed by atoms with van der Waals surface area (Å²) in [6.45, 7) is 1.71. The Hall–Kier alpha value is -1.14. The maximum atomic E-state index is 11.5. The summed E-state index contributed by atoms with van der Waals surface area (Å²) in [5, 5.41) is 0. The minimum Gasteiger partial charge on any atom is -0.308 e. The van der Waals surface area contributed by atoms with E-state index in [2.05, 4.69) is 10.4 Å². The average molecular weight is 200 g/mol. The number of hydrogen-bond donors (Lipinski definition) is 3. The first-order valence-electron chi connectivity index (χ1n) is 3.79. The van der Waals surface area contributed by atoms with E-state index in [1.165, 1.54) is 6.20 Å². The summed E-state index contributed by atoms with van der Waals surface area (Å²) in [6, 6.07) is 3.19. The fourth-order valence-electron chi connectivity index (χ4n) is 0.827. The molecule has 0 aromatic carbocycles. The molecule has 0 aliphatic carbocycles. The molecular weight excluding hydrogens is 188 g/mol. The van der Waals surface area contributed by atoms with Gasteiger partial charge in [0.2, 0.25) is 0 Å². The Morgan fingerprint density at radius 3 is 2.77 bits per heavy atom. The molecule has 1 aromatic rings. The summed E-state index contributed by atoms with van der Waals surface area (Å²) >= 11 is 0. The van der Waals surface area contributed by atoms with E-state index in [4.69, 9.17) is 10.6 Å². The molecule has 5 nitrogen and oxygen atoms in total. The van der Waals surface area contributed by atoms with Gasteiger partial charge in [-0.15, -0.1) is 0 Å². The first-order valence-corrected chi connectivity index (χ1v) is 5.52. The van der Waals surface area contributed by atoms with Gasteiger partial charge in [0.1, 0.15) is 5.82 Å². The minimum atomic E-state index is -2.65. The second-order valence-corrected chi connectivity index (χ2v) is 4.89. The van der Waals surface area contributed by atoms with E-state index in [9.17, 15) is 4.21 Å². The molecule has 1 heterocycles. The molecule has 0 spiro atoms. The van der Waals surface area contributed by atoms with Crippen LogP contribution in [-0.2, 0) is 9.73 Å². The highest BCUT2D eigenvalue weighted by atomic mass is 32.2. The van der Waals surface area contributed by atoms with Crippen molar-refractivity contribution >= 4 is 15.5 Å². The van der Waals surface area contributed by atoms with Crippen LogP contribution >= 0.6 is 0 Å². The molecule has 0 radical (unpaired) electrons. The molecule has 1 rings (SSSR count). The van der Waals surface area contributed by atoms with E-state index in [-0.39, 0.29) is 0 Å². The zero-order valence-corrected chi connectivity index (χ0v) is 8.10. The zero-order chi connectivity index (χ0) is 9.90. The Kier molecular flexibility index (Phi) is 2.84. The minimum absolute atomic E-state index is 0.296. The maximum absolute atomic E-state index is 11.5. The molecule has 0 aliphatic rings. The number of nitrogen functional groups attached to an aromatic ring is 1. The quantitative estimate of drug-likeness (QED) is 0.497. The molecule has 0 bridgehead atoms. The molecule has 6 heteroatoms. The Bertz CT molecular complexity index is 370. The number of nitrogens with one attached hydrogen (secondary N) is 2. The molecule has 4 N–H and O–H groups in total. The van der Waals surface area contributed by atoms with Crippen LogP contribution in [-0.4, -0.2) is 14.9 Å². The third kappa shape index (κ3) is 2.16. The molecule has 0 saturated heterocycles. The van der Waals surface area contributed by atoms with E-state index >= 15 is 0 Å². The van der Waals surface area contributed by atoms with Crippen LogP contribution in [0.5, 0.6) is 0 Å². The molecule has 1 atom stereocenters. The summed E-state index contributed by atoms with van der Waals surface area (Å²) < 4.78 is 19.0. The zero-order valence-electron chi connectivity index (χ0n) is 7.28. The van der Waals surface area contributed by atoms with Crippen molar-refractivity contribution in [2.24, 2.45) is 5.84 Å². The van der Waals surface area contributed by atoms with Gasteiger partial charge in [0.15, 0.2) is 0 Å². The van der Waals surface area contributed by atoms with Crippen molar-refractivity contribution in [1.29, 1.82) is 4.78 Å². The first-order chi connectivity index (χ1) is 6.10.